The minimum absolute atomic E-state index is 0.258. The van der Waals surface area contributed by atoms with Crippen LogP contribution in [0.15, 0.2) is 45.9 Å². The number of furan rings is 1. The lowest BCUT2D eigenvalue weighted by Crippen LogP contribution is -2.16. The Hall–Kier alpha value is -2.36. The van der Waals surface area contributed by atoms with E-state index in [9.17, 15) is 4.79 Å². The van der Waals surface area contributed by atoms with Crippen LogP contribution < -0.4 is 5.43 Å². The van der Waals surface area contributed by atoms with Crippen molar-refractivity contribution >= 4 is 12.1 Å². The molecule has 0 aliphatic heterocycles. The highest BCUT2D eigenvalue weighted by Gasteiger charge is 2.07. The van der Waals surface area contributed by atoms with Gasteiger partial charge in [-0.1, -0.05) is 29.8 Å². The van der Waals surface area contributed by atoms with E-state index >= 15 is 0 Å². The summed E-state index contributed by atoms with van der Waals surface area (Å²) in [6.45, 7) is 3.80. The van der Waals surface area contributed by atoms with Crippen LogP contribution in [0.25, 0.3) is 0 Å². The highest BCUT2D eigenvalue weighted by atomic mass is 16.3. The summed E-state index contributed by atoms with van der Waals surface area (Å²) in [6.07, 6.45) is 1.59. The van der Waals surface area contributed by atoms with E-state index in [1.54, 1.807) is 25.3 Å². The van der Waals surface area contributed by atoms with Crippen molar-refractivity contribution in [1.82, 2.24) is 5.43 Å². The topological polar surface area (TPSA) is 54.6 Å². The van der Waals surface area contributed by atoms with Gasteiger partial charge in [-0.15, -0.1) is 0 Å². The zero-order valence-corrected chi connectivity index (χ0v) is 10.3. The lowest BCUT2D eigenvalue weighted by molar-refractivity contribution is 0.0926. The molecular formula is C14H14N2O2. The van der Waals surface area contributed by atoms with Crippen molar-refractivity contribution < 1.29 is 9.21 Å². The monoisotopic (exact) mass is 242 g/mol. The van der Waals surface area contributed by atoms with E-state index in [-0.39, 0.29) is 11.7 Å². The third-order valence-corrected chi connectivity index (χ3v) is 2.42. The molecule has 1 heterocycles. The molecule has 1 N–H and O–H groups in total. The van der Waals surface area contributed by atoms with Crippen LogP contribution in [0.4, 0.5) is 0 Å². The minimum atomic E-state index is -0.355. The lowest BCUT2D eigenvalue weighted by atomic mass is 10.2. The van der Waals surface area contributed by atoms with Gasteiger partial charge in [0.25, 0.3) is 0 Å². The Kier molecular flexibility index (Phi) is 3.57. The highest BCUT2D eigenvalue weighted by Crippen LogP contribution is 2.05. The van der Waals surface area contributed by atoms with E-state index in [2.05, 4.69) is 10.5 Å². The van der Waals surface area contributed by atoms with Gasteiger partial charge in [0.15, 0.2) is 5.76 Å². The van der Waals surface area contributed by atoms with Crippen LogP contribution in [0, 0.1) is 13.8 Å². The molecular weight excluding hydrogens is 228 g/mol. The predicted octanol–water partition coefficient (Wildman–Crippen LogP) is 2.66. The van der Waals surface area contributed by atoms with Crippen molar-refractivity contribution in [2.75, 3.05) is 0 Å². The predicted molar refractivity (Wildman–Crippen MR) is 69.7 cm³/mol. The summed E-state index contributed by atoms with van der Waals surface area (Å²) in [5.41, 5.74) is 4.52. The molecule has 0 unspecified atom stereocenters. The molecule has 0 aliphatic carbocycles. The summed E-state index contributed by atoms with van der Waals surface area (Å²) in [7, 11) is 0. The quantitative estimate of drug-likeness (QED) is 0.664. The van der Waals surface area contributed by atoms with E-state index < -0.39 is 0 Å². The molecule has 4 nitrogen and oxygen atoms in total. The second-order valence-electron chi connectivity index (χ2n) is 4.02. The first-order valence-corrected chi connectivity index (χ1v) is 5.61. The second-order valence-corrected chi connectivity index (χ2v) is 4.02. The molecule has 2 aromatic rings. The summed E-state index contributed by atoms with van der Waals surface area (Å²) in [5, 5.41) is 3.87. The summed E-state index contributed by atoms with van der Waals surface area (Å²) in [6, 6.07) is 11.2. The van der Waals surface area contributed by atoms with Gasteiger partial charge in [0.1, 0.15) is 5.76 Å². The van der Waals surface area contributed by atoms with E-state index in [1.807, 2.05) is 31.2 Å². The number of hydrogen-bond donors (Lipinski definition) is 1. The Labute approximate surface area is 105 Å². The molecule has 2 rings (SSSR count). The summed E-state index contributed by atoms with van der Waals surface area (Å²) in [4.78, 5) is 11.6. The zero-order chi connectivity index (χ0) is 13.0. The molecule has 0 radical (unpaired) electrons. The van der Waals surface area contributed by atoms with Gasteiger partial charge >= 0.3 is 5.91 Å². The number of benzene rings is 1. The van der Waals surface area contributed by atoms with Crippen LogP contribution in [-0.2, 0) is 0 Å². The number of carbonyl (C=O) groups excluding carboxylic acids is 1. The average Bonchev–Trinajstić information content (AvgIpc) is 2.78. The molecule has 0 saturated heterocycles. The molecule has 1 amide bonds. The Morgan fingerprint density at radius 2 is 1.89 bits per heavy atom. The van der Waals surface area contributed by atoms with E-state index in [4.69, 9.17) is 4.42 Å². The van der Waals surface area contributed by atoms with Gasteiger partial charge in [0.05, 0.1) is 6.21 Å². The fourth-order valence-electron chi connectivity index (χ4n) is 1.43. The van der Waals surface area contributed by atoms with Gasteiger partial charge in [-0.05, 0) is 31.5 Å². The van der Waals surface area contributed by atoms with Crippen molar-refractivity contribution in [2.45, 2.75) is 13.8 Å². The van der Waals surface area contributed by atoms with Crippen molar-refractivity contribution in [3.63, 3.8) is 0 Å². The van der Waals surface area contributed by atoms with Crippen molar-refractivity contribution in [3.05, 3.63) is 59.0 Å². The lowest BCUT2D eigenvalue weighted by Gasteiger charge is -1.96. The molecule has 0 atom stereocenters. The molecule has 0 saturated carbocycles. The Balaban J connectivity index is 1.95. The van der Waals surface area contributed by atoms with Crippen LogP contribution in [0.2, 0.25) is 0 Å². The molecule has 1 aromatic carbocycles. The van der Waals surface area contributed by atoms with E-state index in [0.717, 1.165) is 5.56 Å². The largest absolute Gasteiger partial charge is 0.456 e. The fraction of sp³-hybridized carbons (Fsp3) is 0.143. The van der Waals surface area contributed by atoms with Gasteiger partial charge in [-0.2, -0.15) is 5.10 Å². The summed E-state index contributed by atoms with van der Waals surface area (Å²) >= 11 is 0. The first-order chi connectivity index (χ1) is 8.65. The molecule has 92 valence electrons. The van der Waals surface area contributed by atoms with E-state index in [1.165, 1.54) is 5.56 Å². The molecule has 4 heteroatoms. The maximum atomic E-state index is 11.6. The molecule has 0 fully saturated rings. The van der Waals surface area contributed by atoms with Gasteiger partial charge in [-0.25, -0.2) is 5.43 Å². The van der Waals surface area contributed by atoms with Crippen LogP contribution in [0.5, 0.6) is 0 Å². The fourth-order valence-corrected chi connectivity index (χ4v) is 1.43. The van der Waals surface area contributed by atoms with Gasteiger partial charge in [0, 0.05) is 0 Å². The zero-order valence-electron chi connectivity index (χ0n) is 10.3. The Bertz CT molecular complexity index is 568. The highest BCUT2D eigenvalue weighted by molar-refractivity contribution is 5.92. The number of nitrogens with one attached hydrogen (secondary N) is 1. The normalized spacial score (nSPS) is 10.8. The van der Waals surface area contributed by atoms with Crippen molar-refractivity contribution in [3.8, 4) is 0 Å². The third kappa shape index (κ3) is 3.07. The van der Waals surface area contributed by atoms with Gasteiger partial charge in [0.2, 0.25) is 0 Å². The number of aryl methyl sites for hydroxylation is 2. The summed E-state index contributed by atoms with van der Waals surface area (Å²) < 4.78 is 5.18. The number of rotatable bonds is 3. The minimum Gasteiger partial charge on any atom is -0.456 e. The van der Waals surface area contributed by atoms with Crippen molar-refractivity contribution in [1.29, 1.82) is 0 Å². The van der Waals surface area contributed by atoms with Gasteiger partial charge in [-0.3, -0.25) is 4.79 Å². The third-order valence-electron chi connectivity index (χ3n) is 2.42. The van der Waals surface area contributed by atoms with E-state index in [0.29, 0.717) is 5.76 Å². The van der Waals surface area contributed by atoms with Crippen LogP contribution >= 0.6 is 0 Å². The summed E-state index contributed by atoms with van der Waals surface area (Å²) in [5.74, 6) is 0.600. The maximum Gasteiger partial charge on any atom is 0.307 e. The van der Waals surface area contributed by atoms with Gasteiger partial charge < -0.3 is 4.42 Å². The molecule has 0 bridgehead atoms. The number of hydrazone groups is 1. The number of hydrogen-bond acceptors (Lipinski definition) is 3. The second kappa shape index (κ2) is 5.31. The van der Waals surface area contributed by atoms with Crippen LogP contribution in [0.3, 0.4) is 0 Å². The number of nitrogens with zero attached hydrogens (tertiary/aromatic N) is 1. The van der Waals surface area contributed by atoms with Crippen LogP contribution in [0.1, 0.15) is 27.4 Å². The first-order valence-electron chi connectivity index (χ1n) is 5.61. The standard InChI is InChI=1S/C14H14N2O2/c1-10-3-6-12(7-4-10)9-15-16-14(17)13-8-5-11(2)18-13/h3-9H,1-2H3,(H,16,17)/b15-9-. The molecule has 0 spiro atoms. The maximum absolute atomic E-state index is 11.6. The van der Waals surface area contributed by atoms with Crippen LogP contribution in [-0.4, -0.2) is 12.1 Å². The Morgan fingerprint density at radius 1 is 1.17 bits per heavy atom. The van der Waals surface area contributed by atoms with Crippen molar-refractivity contribution in [2.24, 2.45) is 5.10 Å². The first kappa shape index (κ1) is 12.1. The molecule has 0 aliphatic rings. The number of amides is 1. The molecule has 1 aromatic heterocycles. The SMILES string of the molecule is Cc1ccc(/C=N\NC(=O)c2ccc(C)o2)cc1. The molecule has 18 heavy (non-hydrogen) atoms. The average molecular weight is 242 g/mol. The Morgan fingerprint density at radius 3 is 2.50 bits per heavy atom. The smallest absolute Gasteiger partial charge is 0.307 e. The number of carbonyl (C=O) groups is 1.